The van der Waals surface area contributed by atoms with Crippen LogP contribution in [0.5, 0.6) is 5.75 Å². The molecule has 2 aromatic carbocycles. The first-order valence-corrected chi connectivity index (χ1v) is 9.57. The van der Waals surface area contributed by atoms with Gasteiger partial charge in [0.2, 0.25) is 10.0 Å². The van der Waals surface area contributed by atoms with E-state index < -0.39 is 28.1 Å². The second kappa shape index (κ2) is 9.40. The molecule has 0 fully saturated rings. The first-order valence-electron chi connectivity index (χ1n) is 8.09. The monoisotopic (exact) mass is 428 g/mol. The van der Waals surface area contributed by atoms with Crippen LogP contribution in [-0.4, -0.2) is 27.3 Å². The molecule has 0 saturated heterocycles. The molecule has 0 radical (unpaired) electrons. The zero-order chi connectivity index (χ0) is 21.5. The van der Waals surface area contributed by atoms with Crippen molar-refractivity contribution in [2.75, 3.05) is 6.54 Å². The third kappa shape index (κ3) is 7.10. The Bertz CT molecular complexity index is 982. The molecule has 29 heavy (non-hydrogen) atoms. The number of carbonyl (C=O) groups is 1. The van der Waals surface area contributed by atoms with Crippen LogP contribution in [0.4, 0.5) is 13.2 Å². The Morgan fingerprint density at radius 2 is 1.69 bits per heavy atom. The van der Waals surface area contributed by atoms with E-state index in [0.717, 1.165) is 12.1 Å². The van der Waals surface area contributed by atoms with Crippen molar-refractivity contribution in [2.45, 2.75) is 24.3 Å². The summed E-state index contributed by atoms with van der Waals surface area (Å²) in [5.41, 5.74) is 0.534. The summed E-state index contributed by atoms with van der Waals surface area (Å²) in [6, 6.07) is 11.6. The molecule has 154 valence electrons. The van der Waals surface area contributed by atoms with E-state index in [4.69, 9.17) is 10.00 Å². The molecular weight excluding hydrogens is 413 g/mol. The number of nitriles is 1. The Hall–Kier alpha value is -3.10. The highest BCUT2D eigenvalue weighted by Crippen LogP contribution is 2.23. The van der Waals surface area contributed by atoms with Gasteiger partial charge in [-0.1, -0.05) is 12.1 Å². The lowest BCUT2D eigenvalue weighted by atomic mass is 10.2. The standard InChI is InChI=1S/C18H15F3N2O5S/c19-18(20,21)28-15-6-2-13(3-7-15)12-27-17(24)14-4-8-16(9-5-14)29(25,26)23-11-1-10-22/h2-9,23H,1,11-12H2. The molecule has 0 aliphatic carbocycles. The number of hydrogen-bond acceptors (Lipinski definition) is 6. The Balaban J connectivity index is 1.93. The second-order valence-corrected chi connectivity index (χ2v) is 7.37. The van der Waals surface area contributed by atoms with Gasteiger partial charge < -0.3 is 9.47 Å². The minimum atomic E-state index is -4.79. The lowest BCUT2D eigenvalue weighted by Gasteiger charge is -2.10. The Labute approximate surface area is 164 Å². The van der Waals surface area contributed by atoms with E-state index in [0.29, 0.717) is 5.56 Å². The molecule has 1 N–H and O–H groups in total. The SMILES string of the molecule is N#CCCNS(=O)(=O)c1ccc(C(=O)OCc2ccc(OC(F)(F)F)cc2)cc1. The van der Waals surface area contributed by atoms with Gasteiger partial charge in [-0.3, -0.25) is 0 Å². The van der Waals surface area contributed by atoms with Crippen molar-refractivity contribution >= 4 is 16.0 Å². The van der Waals surface area contributed by atoms with Crippen LogP contribution in [0.25, 0.3) is 0 Å². The summed E-state index contributed by atoms with van der Waals surface area (Å²) in [5, 5.41) is 8.43. The fourth-order valence-corrected chi connectivity index (χ4v) is 3.15. The molecule has 0 atom stereocenters. The van der Waals surface area contributed by atoms with E-state index in [1.807, 2.05) is 6.07 Å². The number of carbonyl (C=O) groups excluding carboxylic acids is 1. The number of benzene rings is 2. The second-order valence-electron chi connectivity index (χ2n) is 5.60. The predicted octanol–water partition coefficient (Wildman–Crippen LogP) is 3.13. The van der Waals surface area contributed by atoms with Crippen LogP contribution in [0.3, 0.4) is 0 Å². The van der Waals surface area contributed by atoms with E-state index in [1.165, 1.54) is 36.4 Å². The highest BCUT2D eigenvalue weighted by molar-refractivity contribution is 7.89. The van der Waals surface area contributed by atoms with Gasteiger partial charge >= 0.3 is 12.3 Å². The Kier molecular flexibility index (Phi) is 7.19. The number of ether oxygens (including phenoxy) is 2. The maximum Gasteiger partial charge on any atom is 0.573 e. The molecule has 0 aliphatic rings. The summed E-state index contributed by atoms with van der Waals surface area (Å²) in [7, 11) is -3.79. The van der Waals surface area contributed by atoms with Crippen molar-refractivity contribution in [1.82, 2.24) is 4.72 Å². The van der Waals surface area contributed by atoms with Crippen LogP contribution in [0.2, 0.25) is 0 Å². The zero-order valence-corrected chi connectivity index (χ0v) is 15.6. The first kappa shape index (κ1) is 22.2. The minimum absolute atomic E-state index is 0.0208. The number of nitrogens with zero attached hydrogens (tertiary/aromatic N) is 1. The Morgan fingerprint density at radius 1 is 1.07 bits per heavy atom. The number of rotatable bonds is 8. The van der Waals surface area contributed by atoms with E-state index in [2.05, 4.69) is 9.46 Å². The average molecular weight is 428 g/mol. The van der Waals surface area contributed by atoms with Crippen LogP contribution in [0.15, 0.2) is 53.4 Å². The van der Waals surface area contributed by atoms with Crippen LogP contribution < -0.4 is 9.46 Å². The fourth-order valence-electron chi connectivity index (χ4n) is 2.11. The molecule has 2 aromatic rings. The number of halogens is 3. The summed E-state index contributed by atoms with van der Waals surface area (Å²) in [5.74, 6) is -1.13. The van der Waals surface area contributed by atoms with Crippen molar-refractivity contribution in [1.29, 1.82) is 5.26 Å². The van der Waals surface area contributed by atoms with Gasteiger partial charge in [-0.2, -0.15) is 5.26 Å². The lowest BCUT2D eigenvalue weighted by molar-refractivity contribution is -0.274. The van der Waals surface area contributed by atoms with Crippen molar-refractivity contribution in [3.63, 3.8) is 0 Å². The summed E-state index contributed by atoms with van der Waals surface area (Å²) >= 11 is 0. The van der Waals surface area contributed by atoms with E-state index >= 15 is 0 Å². The number of hydrogen-bond donors (Lipinski definition) is 1. The largest absolute Gasteiger partial charge is 0.573 e. The van der Waals surface area contributed by atoms with Gasteiger partial charge in [0, 0.05) is 13.0 Å². The van der Waals surface area contributed by atoms with Gasteiger partial charge in [0.25, 0.3) is 0 Å². The number of sulfonamides is 1. The van der Waals surface area contributed by atoms with Gasteiger partial charge in [-0.05, 0) is 42.0 Å². The third-order valence-electron chi connectivity index (χ3n) is 3.46. The van der Waals surface area contributed by atoms with Crippen molar-refractivity contribution in [3.05, 3.63) is 59.7 Å². The smallest absolute Gasteiger partial charge is 0.457 e. The zero-order valence-electron chi connectivity index (χ0n) is 14.8. The maximum atomic E-state index is 12.1. The van der Waals surface area contributed by atoms with Crippen LogP contribution >= 0.6 is 0 Å². The van der Waals surface area contributed by atoms with E-state index in [1.54, 1.807) is 0 Å². The predicted molar refractivity (Wildman–Crippen MR) is 94.1 cm³/mol. The third-order valence-corrected chi connectivity index (χ3v) is 4.93. The van der Waals surface area contributed by atoms with Gasteiger partial charge in [-0.15, -0.1) is 13.2 Å². The summed E-state index contributed by atoms with van der Waals surface area (Å²) in [4.78, 5) is 12.0. The highest BCUT2D eigenvalue weighted by atomic mass is 32.2. The normalized spacial score (nSPS) is 11.5. The summed E-state index contributed by atoms with van der Waals surface area (Å²) < 4.78 is 71.4. The topological polar surface area (TPSA) is 105 Å². The molecule has 0 saturated carbocycles. The minimum Gasteiger partial charge on any atom is -0.457 e. The molecule has 0 aliphatic heterocycles. The average Bonchev–Trinajstić information content (AvgIpc) is 2.66. The molecule has 2 rings (SSSR count). The van der Waals surface area contributed by atoms with Crippen LogP contribution in [0, 0.1) is 11.3 Å². The van der Waals surface area contributed by atoms with E-state index in [9.17, 15) is 26.4 Å². The summed E-state index contributed by atoms with van der Waals surface area (Å²) in [6.45, 7) is -0.226. The molecule has 0 unspecified atom stereocenters. The van der Waals surface area contributed by atoms with Gasteiger partial charge in [-0.25, -0.2) is 17.9 Å². The summed E-state index contributed by atoms with van der Waals surface area (Å²) in [6.07, 6.45) is -4.77. The van der Waals surface area contributed by atoms with Crippen molar-refractivity contribution in [2.24, 2.45) is 0 Å². The van der Waals surface area contributed by atoms with Gasteiger partial charge in [0.15, 0.2) is 0 Å². The quantitative estimate of drug-likeness (QED) is 0.512. The molecule has 7 nitrogen and oxygen atoms in total. The van der Waals surface area contributed by atoms with E-state index in [-0.39, 0.29) is 30.0 Å². The van der Waals surface area contributed by atoms with Gasteiger partial charge in [0.05, 0.1) is 16.5 Å². The van der Waals surface area contributed by atoms with Crippen molar-refractivity contribution in [3.8, 4) is 11.8 Å². The molecule has 0 aromatic heterocycles. The Morgan fingerprint density at radius 3 is 2.24 bits per heavy atom. The van der Waals surface area contributed by atoms with Gasteiger partial charge in [0.1, 0.15) is 12.4 Å². The number of nitrogens with one attached hydrogen (secondary N) is 1. The van der Waals surface area contributed by atoms with Crippen LogP contribution in [-0.2, 0) is 21.4 Å². The van der Waals surface area contributed by atoms with Crippen molar-refractivity contribution < 1.29 is 35.9 Å². The maximum absolute atomic E-state index is 12.1. The molecule has 0 bridgehead atoms. The molecule has 0 heterocycles. The van der Waals surface area contributed by atoms with Crippen LogP contribution in [0.1, 0.15) is 22.3 Å². The number of esters is 1. The molecule has 0 spiro atoms. The fraction of sp³-hybridized carbons (Fsp3) is 0.222. The number of alkyl halides is 3. The lowest BCUT2D eigenvalue weighted by Crippen LogP contribution is -2.24. The highest BCUT2D eigenvalue weighted by Gasteiger charge is 2.30. The molecular formula is C18H15F3N2O5S. The molecule has 0 amide bonds. The first-order chi connectivity index (χ1) is 13.6. The molecule has 11 heteroatoms.